The maximum atomic E-state index is 5.08. The van der Waals surface area contributed by atoms with E-state index in [1.807, 2.05) is 12.4 Å². The first-order chi connectivity index (χ1) is 13.3. The van der Waals surface area contributed by atoms with Gasteiger partial charge in [-0.2, -0.15) is 0 Å². The molecule has 1 aromatic carbocycles. The number of nitrogens with zero attached hydrogens (tertiary/aromatic N) is 3. The largest absolute Gasteiger partial charge is 0.384 e. The van der Waals surface area contributed by atoms with E-state index in [1.165, 1.54) is 32.2 Å². The van der Waals surface area contributed by atoms with Crippen molar-refractivity contribution < 1.29 is 4.74 Å². The van der Waals surface area contributed by atoms with E-state index < -0.39 is 0 Å². The van der Waals surface area contributed by atoms with Crippen LogP contribution < -0.4 is 5.32 Å². The predicted molar refractivity (Wildman–Crippen MR) is 107 cm³/mol. The molecule has 27 heavy (non-hydrogen) atoms. The van der Waals surface area contributed by atoms with Gasteiger partial charge in [0.25, 0.3) is 0 Å². The van der Waals surface area contributed by atoms with E-state index in [1.54, 1.807) is 18.2 Å². The topological polar surface area (TPSA) is 50.3 Å². The zero-order chi connectivity index (χ0) is 18.5. The van der Waals surface area contributed by atoms with Crippen LogP contribution in [0.25, 0.3) is 0 Å². The fourth-order valence-corrected chi connectivity index (χ4v) is 4.36. The minimum absolute atomic E-state index is 0.552. The van der Waals surface area contributed by atoms with E-state index in [-0.39, 0.29) is 0 Å². The van der Waals surface area contributed by atoms with Crippen molar-refractivity contribution >= 4 is 0 Å². The van der Waals surface area contributed by atoms with Crippen LogP contribution in [-0.2, 0) is 30.5 Å². The number of nitrogens with one attached hydrogen (secondary N) is 1. The van der Waals surface area contributed by atoms with Crippen molar-refractivity contribution in [3.8, 4) is 0 Å². The summed E-state index contributed by atoms with van der Waals surface area (Å²) in [5.41, 5.74) is 4.24. The van der Waals surface area contributed by atoms with Gasteiger partial charge in [0.15, 0.2) is 0 Å². The van der Waals surface area contributed by atoms with Gasteiger partial charge in [0, 0.05) is 56.7 Å². The second kappa shape index (κ2) is 8.91. The highest BCUT2D eigenvalue weighted by atomic mass is 16.5. The number of fused-ring (bicyclic) bond motifs is 1. The Morgan fingerprint density at radius 1 is 1.15 bits per heavy atom. The van der Waals surface area contributed by atoms with Gasteiger partial charge in [-0.3, -0.25) is 4.90 Å². The van der Waals surface area contributed by atoms with Crippen LogP contribution in [0, 0.1) is 0 Å². The van der Waals surface area contributed by atoms with Crippen LogP contribution in [0.15, 0.2) is 36.7 Å². The molecule has 2 aromatic rings. The Labute approximate surface area is 162 Å². The third-order valence-electron chi connectivity index (χ3n) is 5.88. The average molecular weight is 367 g/mol. The number of piperidine rings is 1. The molecule has 0 bridgehead atoms. The Balaban J connectivity index is 1.27. The number of aromatic nitrogens is 2. The SMILES string of the molecule is COCCc1ncc(CNC2CCCN(C3Cc4ccccc4C3)C2)cn1. The Kier molecular flexibility index (Phi) is 6.12. The van der Waals surface area contributed by atoms with Crippen molar-refractivity contribution in [1.29, 1.82) is 0 Å². The van der Waals surface area contributed by atoms with E-state index in [2.05, 4.69) is 44.5 Å². The average Bonchev–Trinajstić information content (AvgIpc) is 3.16. The third-order valence-corrected chi connectivity index (χ3v) is 5.88. The van der Waals surface area contributed by atoms with Gasteiger partial charge in [-0.15, -0.1) is 0 Å². The number of rotatable bonds is 7. The lowest BCUT2D eigenvalue weighted by molar-refractivity contribution is 0.140. The second-order valence-corrected chi connectivity index (χ2v) is 7.80. The summed E-state index contributed by atoms with van der Waals surface area (Å²) in [5, 5.41) is 3.73. The smallest absolute Gasteiger partial charge is 0.130 e. The van der Waals surface area contributed by atoms with Crippen molar-refractivity contribution in [2.45, 2.75) is 50.7 Å². The zero-order valence-corrected chi connectivity index (χ0v) is 16.2. The first-order valence-electron chi connectivity index (χ1n) is 10.1. The summed E-state index contributed by atoms with van der Waals surface area (Å²) in [5.74, 6) is 0.852. The van der Waals surface area contributed by atoms with Gasteiger partial charge in [-0.05, 0) is 43.4 Å². The number of benzene rings is 1. The highest BCUT2D eigenvalue weighted by Gasteiger charge is 2.30. The van der Waals surface area contributed by atoms with Gasteiger partial charge in [0.2, 0.25) is 0 Å². The fourth-order valence-electron chi connectivity index (χ4n) is 4.36. The van der Waals surface area contributed by atoms with Crippen molar-refractivity contribution in [1.82, 2.24) is 20.2 Å². The molecule has 0 amide bonds. The molecule has 1 aromatic heterocycles. The minimum atomic E-state index is 0.552. The number of hydrogen-bond acceptors (Lipinski definition) is 5. The van der Waals surface area contributed by atoms with Gasteiger partial charge in [-0.1, -0.05) is 24.3 Å². The number of likely N-dealkylation sites (tertiary alicyclic amines) is 1. The van der Waals surface area contributed by atoms with E-state index in [4.69, 9.17) is 4.74 Å². The second-order valence-electron chi connectivity index (χ2n) is 7.80. The number of methoxy groups -OCH3 is 1. The standard InChI is InChI=1S/C22H30N4O/c1-27-10-8-22-24-14-17(15-25-22)13-23-20-7-4-9-26(16-20)21-11-18-5-2-3-6-19(18)12-21/h2-3,5-6,14-15,20-21,23H,4,7-13,16H2,1H3. The summed E-state index contributed by atoms with van der Waals surface area (Å²) >= 11 is 0. The quantitative estimate of drug-likeness (QED) is 0.815. The van der Waals surface area contributed by atoms with E-state index in [0.29, 0.717) is 18.7 Å². The van der Waals surface area contributed by atoms with Crippen LogP contribution >= 0.6 is 0 Å². The lowest BCUT2D eigenvalue weighted by atomic mass is 10.0. The van der Waals surface area contributed by atoms with E-state index >= 15 is 0 Å². The maximum Gasteiger partial charge on any atom is 0.130 e. The summed E-state index contributed by atoms with van der Waals surface area (Å²) in [7, 11) is 1.70. The molecule has 1 N–H and O–H groups in total. The molecule has 1 unspecified atom stereocenters. The third kappa shape index (κ3) is 4.72. The van der Waals surface area contributed by atoms with Gasteiger partial charge >= 0.3 is 0 Å². The van der Waals surface area contributed by atoms with Crippen molar-refractivity contribution in [2.75, 3.05) is 26.8 Å². The first kappa shape index (κ1) is 18.5. The predicted octanol–water partition coefficient (Wildman–Crippen LogP) is 2.39. The molecule has 4 rings (SSSR count). The molecule has 0 spiro atoms. The van der Waals surface area contributed by atoms with Crippen molar-refractivity contribution in [2.24, 2.45) is 0 Å². The molecule has 144 valence electrons. The molecule has 0 saturated carbocycles. The van der Waals surface area contributed by atoms with Crippen molar-refractivity contribution in [3.05, 3.63) is 59.2 Å². The molecule has 0 radical (unpaired) electrons. The Hall–Kier alpha value is -1.82. The Morgan fingerprint density at radius 3 is 2.59 bits per heavy atom. The minimum Gasteiger partial charge on any atom is -0.384 e. The van der Waals surface area contributed by atoms with Crippen LogP contribution in [0.1, 0.15) is 35.4 Å². The molecule has 1 atom stereocenters. The van der Waals surface area contributed by atoms with Crippen LogP contribution in [0.5, 0.6) is 0 Å². The van der Waals surface area contributed by atoms with Gasteiger partial charge in [-0.25, -0.2) is 9.97 Å². The highest BCUT2D eigenvalue weighted by molar-refractivity contribution is 5.33. The van der Waals surface area contributed by atoms with E-state index in [9.17, 15) is 0 Å². The molecule has 1 saturated heterocycles. The molecule has 1 aliphatic carbocycles. The summed E-state index contributed by atoms with van der Waals surface area (Å²) in [6, 6.07) is 10.2. The van der Waals surface area contributed by atoms with Gasteiger partial charge < -0.3 is 10.1 Å². The molecule has 2 aliphatic rings. The van der Waals surface area contributed by atoms with Crippen molar-refractivity contribution in [3.63, 3.8) is 0 Å². The molecule has 1 fully saturated rings. The highest BCUT2D eigenvalue weighted by Crippen LogP contribution is 2.27. The maximum absolute atomic E-state index is 5.08. The molecule has 5 nitrogen and oxygen atoms in total. The van der Waals surface area contributed by atoms with Gasteiger partial charge in [0.1, 0.15) is 5.82 Å². The molecular weight excluding hydrogens is 336 g/mol. The molecule has 2 heterocycles. The zero-order valence-electron chi connectivity index (χ0n) is 16.2. The summed E-state index contributed by atoms with van der Waals surface area (Å²) < 4.78 is 5.08. The van der Waals surface area contributed by atoms with Crippen LogP contribution in [0.3, 0.4) is 0 Å². The Bertz CT molecular complexity index is 708. The molecule has 5 heteroatoms. The summed E-state index contributed by atoms with van der Waals surface area (Å²) in [6.07, 6.45) is 9.60. The lowest BCUT2D eigenvalue weighted by Crippen LogP contribution is -2.49. The number of ether oxygens (including phenoxy) is 1. The molecule has 1 aliphatic heterocycles. The van der Waals surface area contributed by atoms with Crippen LogP contribution in [0.4, 0.5) is 0 Å². The Morgan fingerprint density at radius 2 is 1.89 bits per heavy atom. The van der Waals surface area contributed by atoms with Gasteiger partial charge in [0.05, 0.1) is 6.61 Å². The normalized spacial score (nSPS) is 20.7. The summed E-state index contributed by atoms with van der Waals surface area (Å²) in [4.78, 5) is 11.6. The monoisotopic (exact) mass is 366 g/mol. The molecular formula is C22H30N4O. The lowest BCUT2D eigenvalue weighted by Gasteiger charge is -2.37. The van der Waals surface area contributed by atoms with E-state index in [0.717, 1.165) is 30.9 Å². The summed E-state index contributed by atoms with van der Waals surface area (Å²) in [6.45, 7) is 3.88. The van der Waals surface area contributed by atoms with Crippen LogP contribution in [-0.4, -0.2) is 53.8 Å². The number of hydrogen-bond donors (Lipinski definition) is 1. The van der Waals surface area contributed by atoms with Crippen LogP contribution in [0.2, 0.25) is 0 Å². The first-order valence-corrected chi connectivity index (χ1v) is 10.1. The fraction of sp³-hybridized carbons (Fsp3) is 0.545.